The summed E-state index contributed by atoms with van der Waals surface area (Å²) in [5, 5.41) is 0. The number of amides is 1. The van der Waals surface area contributed by atoms with Crippen LogP contribution in [-0.4, -0.2) is 34.0 Å². The minimum Gasteiger partial charge on any atom is -0.495 e. The molecule has 0 saturated heterocycles. The van der Waals surface area contributed by atoms with Crippen LogP contribution in [0.1, 0.15) is 24.2 Å². The molecule has 0 aliphatic carbocycles. The molecule has 0 radical (unpaired) electrons. The van der Waals surface area contributed by atoms with Gasteiger partial charge in [0.1, 0.15) is 10.6 Å². The summed E-state index contributed by atoms with van der Waals surface area (Å²) in [6.07, 6.45) is 1.62. The fraction of sp³-hybridized carbons (Fsp3) is 0.250. The molecule has 2 rings (SSSR count). The molecule has 0 bridgehead atoms. The zero-order valence-electron chi connectivity index (χ0n) is 15.7. The summed E-state index contributed by atoms with van der Waals surface area (Å²) >= 11 is 0. The second-order valence-electron chi connectivity index (χ2n) is 6.18. The Labute approximate surface area is 160 Å². The Balaban J connectivity index is 2.50. The number of hydrogen-bond donors (Lipinski definition) is 1. The van der Waals surface area contributed by atoms with Gasteiger partial charge in [-0.3, -0.25) is 4.79 Å². The summed E-state index contributed by atoms with van der Waals surface area (Å²) < 4.78 is 33.0. The van der Waals surface area contributed by atoms with Crippen molar-refractivity contribution in [3.63, 3.8) is 0 Å². The van der Waals surface area contributed by atoms with Crippen molar-refractivity contribution in [3.8, 4) is 5.75 Å². The Morgan fingerprint density at radius 2 is 1.89 bits per heavy atom. The average Bonchev–Trinajstić information content (AvgIpc) is 2.64. The van der Waals surface area contributed by atoms with Crippen molar-refractivity contribution in [2.75, 3.05) is 18.6 Å². The Kier molecular flexibility index (Phi) is 6.76. The zero-order valence-corrected chi connectivity index (χ0v) is 16.5. The van der Waals surface area contributed by atoms with Crippen LogP contribution < -0.4 is 14.4 Å². The predicted molar refractivity (Wildman–Crippen MR) is 107 cm³/mol. The fourth-order valence-electron chi connectivity index (χ4n) is 2.59. The van der Waals surface area contributed by atoms with E-state index in [2.05, 4.69) is 11.3 Å². The molecule has 2 aromatic carbocycles. The number of para-hydroxylation sites is 1. The van der Waals surface area contributed by atoms with Gasteiger partial charge in [-0.05, 0) is 44.2 Å². The van der Waals surface area contributed by atoms with Crippen LogP contribution in [0, 0.1) is 0 Å². The number of rotatable bonds is 8. The summed E-state index contributed by atoms with van der Waals surface area (Å²) in [4.78, 5) is 14.5. The van der Waals surface area contributed by atoms with Crippen LogP contribution in [0.4, 0.5) is 5.69 Å². The first-order valence-electron chi connectivity index (χ1n) is 8.48. The molecule has 1 N–H and O–H groups in total. The van der Waals surface area contributed by atoms with Crippen molar-refractivity contribution in [2.24, 2.45) is 0 Å². The summed E-state index contributed by atoms with van der Waals surface area (Å²) in [5.74, 6) is -0.153. The molecule has 0 heterocycles. The zero-order chi connectivity index (χ0) is 20.0. The monoisotopic (exact) mass is 388 g/mol. The van der Waals surface area contributed by atoms with Crippen LogP contribution in [0.2, 0.25) is 0 Å². The molecule has 0 atom stereocenters. The van der Waals surface area contributed by atoms with Gasteiger partial charge in [-0.25, -0.2) is 13.1 Å². The summed E-state index contributed by atoms with van der Waals surface area (Å²) in [7, 11) is -2.44. The molecular formula is C20H24N2O4S. The van der Waals surface area contributed by atoms with Crippen molar-refractivity contribution in [1.82, 2.24) is 4.72 Å². The number of carbonyl (C=O) groups excluding carboxylic acids is 1. The first-order valence-corrected chi connectivity index (χ1v) is 9.96. The quantitative estimate of drug-likeness (QED) is 0.705. The molecule has 144 valence electrons. The second-order valence-corrected chi connectivity index (χ2v) is 7.86. The van der Waals surface area contributed by atoms with E-state index in [-0.39, 0.29) is 28.2 Å². The van der Waals surface area contributed by atoms with Crippen molar-refractivity contribution in [2.45, 2.75) is 24.8 Å². The largest absolute Gasteiger partial charge is 0.495 e. The molecule has 0 unspecified atom stereocenters. The third-order valence-electron chi connectivity index (χ3n) is 3.72. The van der Waals surface area contributed by atoms with E-state index >= 15 is 0 Å². The van der Waals surface area contributed by atoms with Crippen molar-refractivity contribution >= 4 is 21.6 Å². The smallest absolute Gasteiger partial charge is 0.258 e. The lowest BCUT2D eigenvalue weighted by molar-refractivity contribution is 0.0989. The molecule has 0 spiro atoms. The normalized spacial score (nSPS) is 11.3. The number of anilines is 1. The Morgan fingerprint density at radius 1 is 1.22 bits per heavy atom. The molecular weight excluding hydrogens is 364 g/mol. The maximum atomic E-state index is 13.1. The fourth-order valence-corrected chi connectivity index (χ4v) is 4.04. The summed E-state index contributed by atoms with van der Waals surface area (Å²) in [6.45, 7) is 7.44. The highest BCUT2D eigenvalue weighted by atomic mass is 32.2. The van der Waals surface area contributed by atoms with E-state index in [9.17, 15) is 13.2 Å². The van der Waals surface area contributed by atoms with E-state index in [0.29, 0.717) is 12.2 Å². The number of carbonyl (C=O) groups is 1. The molecule has 2 aromatic rings. The lowest BCUT2D eigenvalue weighted by Gasteiger charge is -2.22. The molecule has 0 aromatic heterocycles. The third-order valence-corrected chi connectivity index (χ3v) is 5.40. The summed E-state index contributed by atoms with van der Waals surface area (Å²) in [5.41, 5.74) is 0.938. The predicted octanol–water partition coefficient (Wildman–Crippen LogP) is 3.21. The SMILES string of the molecule is C=CCN(C(=O)c1ccc(OC)c(S(=O)(=O)NC(C)C)c1)c1ccccc1. The van der Waals surface area contributed by atoms with Crippen LogP contribution in [0.25, 0.3) is 0 Å². The highest BCUT2D eigenvalue weighted by Gasteiger charge is 2.24. The number of sulfonamides is 1. The number of ether oxygens (including phenoxy) is 1. The van der Waals surface area contributed by atoms with Crippen LogP contribution in [0.5, 0.6) is 5.75 Å². The van der Waals surface area contributed by atoms with Gasteiger partial charge in [0.15, 0.2) is 0 Å². The number of nitrogens with one attached hydrogen (secondary N) is 1. The number of methoxy groups -OCH3 is 1. The Hall–Kier alpha value is -2.64. The first-order chi connectivity index (χ1) is 12.8. The number of nitrogens with zero attached hydrogens (tertiary/aromatic N) is 1. The second kappa shape index (κ2) is 8.83. The van der Waals surface area contributed by atoms with Crippen molar-refractivity contribution in [3.05, 3.63) is 66.7 Å². The van der Waals surface area contributed by atoms with E-state index in [1.807, 2.05) is 30.3 Å². The maximum Gasteiger partial charge on any atom is 0.258 e. The van der Waals surface area contributed by atoms with Crippen LogP contribution in [-0.2, 0) is 10.0 Å². The molecule has 1 amide bonds. The molecule has 0 fully saturated rings. The van der Waals surface area contributed by atoms with E-state index in [4.69, 9.17) is 4.74 Å². The standard InChI is InChI=1S/C20H24N2O4S/c1-5-13-22(17-9-7-6-8-10-17)20(23)16-11-12-18(26-4)19(14-16)27(24,25)21-15(2)3/h5-12,14-15,21H,1,13H2,2-4H3. The Morgan fingerprint density at radius 3 is 2.44 bits per heavy atom. The topological polar surface area (TPSA) is 75.7 Å². The lowest BCUT2D eigenvalue weighted by atomic mass is 10.1. The Bertz CT molecular complexity index is 909. The number of benzene rings is 2. The van der Waals surface area contributed by atoms with Gasteiger partial charge in [0.05, 0.1) is 7.11 Å². The molecule has 7 heteroatoms. The maximum absolute atomic E-state index is 13.1. The van der Waals surface area contributed by atoms with Gasteiger partial charge < -0.3 is 9.64 Å². The molecule has 27 heavy (non-hydrogen) atoms. The van der Waals surface area contributed by atoms with Gasteiger partial charge in [-0.1, -0.05) is 24.3 Å². The van der Waals surface area contributed by atoms with Gasteiger partial charge >= 0.3 is 0 Å². The van der Waals surface area contributed by atoms with Gasteiger partial charge in [0.25, 0.3) is 5.91 Å². The average molecular weight is 388 g/mol. The minimum atomic E-state index is -3.83. The molecule has 0 aliphatic rings. The van der Waals surface area contributed by atoms with E-state index in [0.717, 1.165) is 0 Å². The van der Waals surface area contributed by atoms with E-state index < -0.39 is 10.0 Å². The van der Waals surface area contributed by atoms with Gasteiger partial charge in [0.2, 0.25) is 10.0 Å². The highest BCUT2D eigenvalue weighted by molar-refractivity contribution is 7.89. The van der Waals surface area contributed by atoms with Gasteiger partial charge in [0, 0.05) is 23.8 Å². The summed E-state index contributed by atoms with van der Waals surface area (Å²) in [6, 6.07) is 13.2. The highest BCUT2D eigenvalue weighted by Crippen LogP contribution is 2.26. The van der Waals surface area contributed by atoms with Gasteiger partial charge in [-0.2, -0.15) is 0 Å². The first kappa shape index (κ1) is 20.7. The third kappa shape index (κ3) is 4.96. The molecule has 6 nitrogen and oxygen atoms in total. The molecule has 0 aliphatic heterocycles. The van der Waals surface area contributed by atoms with Crippen molar-refractivity contribution in [1.29, 1.82) is 0 Å². The minimum absolute atomic E-state index is 0.0730. The number of hydrogen-bond acceptors (Lipinski definition) is 4. The molecule has 0 saturated carbocycles. The lowest BCUT2D eigenvalue weighted by Crippen LogP contribution is -2.32. The van der Waals surface area contributed by atoms with Crippen LogP contribution in [0.3, 0.4) is 0 Å². The van der Waals surface area contributed by atoms with Crippen LogP contribution in [0.15, 0.2) is 66.1 Å². The van der Waals surface area contributed by atoms with E-state index in [1.54, 1.807) is 26.0 Å². The van der Waals surface area contributed by atoms with Crippen LogP contribution >= 0.6 is 0 Å². The van der Waals surface area contributed by atoms with Gasteiger partial charge in [-0.15, -0.1) is 6.58 Å². The van der Waals surface area contributed by atoms with E-state index in [1.165, 1.54) is 24.1 Å². The van der Waals surface area contributed by atoms with Crippen molar-refractivity contribution < 1.29 is 17.9 Å².